The van der Waals surface area contributed by atoms with Crippen LogP contribution in [0.3, 0.4) is 0 Å². The quantitative estimate of drug-likeness (QED) is 0.639. The molecule has 0 bridgehead atoms. The second-order valence-corrected chi connectivity index (χ2v) is 7.29. The van der Waals surface area contributed by atoms with E-state index in [1.54, 1.807) is 29.5 Å². The Morgan fingerprint density at radius 2 is 2.15 bits per heavy atom. The number of pyridine rings is 1. The molecule has 0 unspecified atom stereocenters. The van der Waals surface area contributed by atoms with Crippen LogP contribution < -0.4 is 10.1 Å². The number of carbonyl (C=O) groups is 1. The van der Waals surface area contributed by atoms with Crippen molar-refractivity contribution in [3.63, 3.8) is 0 Å². The number of halogens is 2. The van der Waals surface area contributed by atoms with Gasteiger partial charge in [0.2, 0.25) is 0 Å². The summed E-state index contributed by atoms with van der Waals surface area (Å²) in [4.78, 5) is 19.9. The molecule has 0 aliphatic heterocycles. The maximum Gasteiger partial charge on any atom is 0.387 e. The molecule has 27 heavy (non-hydrogen) atoms. The average molecular weight is 389 g/mol. The van der Waals surface area contributed by atoms with Gasteiger partial charge in [0.25, 0.3) is 0 Å². The molecule has 3 aromatic rings. The van der Waals surface area contributed by atoms with E-state index in [1.807, 2.05) is 22.4 Å². The Morgan fingerprint density at radius 1 is 1.30 bits per heavy atom. The molecule has 1 fully saturated rings. The lowest BCUT2D eigenvalue weighted by Crippen LogP contribution is -2.36. The van der Waals surface area contributed by atoms with Crippen molar-refractivity contribution in [3.8, 4) is 5.75 Å². The molecule has 140 valence electrons. The Hall–Kier alpha value is -2.74. The Labute approximate surface area is 158 Å². The van der Waals surface area contributed by atoms with E-state index >= 15 is 0 Å². The number of ether oxygens (including phenoxy) is 1. The fourth-order valence-electron chi connectivity index (χ4n) is 2.96. The standard InChI is InChI=1S/C19H17F2N3O2S/c20-18(21)26-16-8-7-15(14-4-1-9-22-17(14)16)23-19(25)24(12-5-6-12)11-13-3-2-10-27-13/h1-4,7-10,12,18H,5-6,11H2,(H,23,25). The second-order valence-electron chi connectivity index (χ2n) is 6.26. The molecule has 0 spiro atoms. The number of alkyl halides is 2. The van der Waals surface area contributed by atoms with Crippen LogP contribution in [-0.2, 0) is 6.54 Å². The summed E-state index contributed by atoms with van der Waals surface area (Å²) in [6.07, 6.45) is 3.48. The number of nitrogens with zero attached hydrogens (tertiary/aromatic N) is 2. The van der Waals surface area contributed by atoms with Gasteiger partial charge >= 0.3 is 12.6 Å². The molecule has 1 N–H and O–H groups in total. The first-order valence-electron chi connectivity index (χ1n) is 8.54. The minimum absolute atomic E-state index is 0.0174. The zero-order chi connectivity index (χ0) is 18.8. The van der Waals surface area contributed by atoms with Crippen LogP contribution in [0.1, 0.15) is 17.7 Å². The molecule has 2 heterocycles. The smallest absolute Gasteiger partial charge is 0.387 e. The number of anilines is 1. The number of thiophene rings is 1. The second kappa shape index (κ2) is 7.48. The van der Waals surface area contributed by atoms with E-state index in [2.05, 4.69) is 15.0 Å². The molecule has 8 heteroatoms. The summed E-state index contributed by atoms with van der Waals surface area (Å²) < 4.78 is 29.8. The molecule has 4 rings (SSSR count). The van der Waals surface area contributed by atoms with Gasteiger partial charge in [-0.05, 0) is 48.6 Å². The van der Waals surface area contributed by atoms with Gasteiger partial charge in [0.05, 0.1) is 12.2 Å². The largest absolute Gasteiger partial charge is 0.432 e. The van der Waals surface area contributed by atoms with Crippen LogP contribution in [0.2, 0.25) is 0 Å². The third-order valence-electron chi connectivity index (χ3n) is 4.35. The molecular weight excluding hydrogens is 372 g/mol. The van der Waals surface area contributed by atoms with Gasteiger partial charge in [0, 0.05) is 22.5 Å². The minimum atomic E-state index is -2.94. The number of hydrogen-bond donors (Lipinski definition) is 1. The molecular formula is C19H17F2N3O2S. The zero-order valence-electron chi connectivity index (χ0n) is 14.3. The molecule has 0 atom stereocenters. The van der Waals surface area contributed by atoms with E-state index in [9.17, 15) is 13.6 Å². The van der Waals surface area contributed by atoms with Crippen molar-refractivity contribution < 1.29 is 18.3 Å². The predicted molar refractivity (Wildman–Crippen MR) is 100 cm³/mol. The lowest BCUT2D eigenvalue weighted by atomic mass is 10.1. The minimum Gasteiger partial charge on any atom is -0.432 e. The summed E-state index contributed by atoms with van der Waals surface area (Å²) in [5, 5.41) is 5.44. The third kappa shape index (κ3) is 4.00. The normalized spacial score (nSPS) is 13.7. The van der Waals surface area contributed by atoms with Crippen molar-refractivity contribution in [1.82, 2.24) is 9.88 Å². The molecule has 5 nitrogen and oxygen atoms in total. The van der Waals surface area contributed by atoms with Crippen LogP contribution in [0.5, 0.6) is 5.75 Å². The van der Waals surface area contributed by atoms with E-state index in [1.165, 1.54) is 12.3 Å². The van der Waals surface area contributed by atoms with Crippen molar-refractivity contribution >= 4 is 34.0 Å². The van der Waals surface area contributed by atoms with Gasteiger partial charge in [0.15, 0.2) is 5.75 Å². The summed E-state index contributed by atoms with van der Waals surface area (Å²) >= 11 is 1.61. The monoisotopic (exact) mass is 389 g/mol. The fraction of sp³-hybridized carbons (Fsp3) is 0.263. The van der Waals surface area contributed by atoms with Crippen molar-refractivity contribution in [2.45, 2.75) is 32.0 Å². The first-order chi connectivity index (χ1) is 13.1. The number of fused-ring (bicyclic) bond motifs is 1. The molecule has 2 aromatic heterocycles. The zero-order valence-corrected chi connectivity index (χ0v) is 15.1. The maximum atomic E-state index is 12.9. The lowest BCUT2D eigenvalue weighted by molar-refractivity contribution is -0.0489. The first kappa shape index (κ1) is 17.7. The van der Waals surface area contributed by atoms with Crippen LogP contribution in [0, 0.1) is 0 Å². The van der Waals surface area contributed by atoms with Crippen molar-refractivity contribution in [1.29, 1.82) is 0 Å². The van der Waals surface area contributed by atoms with E-state index in [0.29, 0.717) is 17.6 Å². The van der Waals surface area contributed by atoms with Gasteiger partial charge in [-0.2, -0.15) is 8.78 Å². The molecule has 1 saturated carbocycles. The van der Waals surface area contributed by atoms with Crippen LogP contribution >= 0.6 is 11.3 Å². The molecule has 0 saturated heterocycles. The highest BCUT2D eigenvalue weighted by atomic mass is 32.1. The van der Waals surface area contributed by atoms with Gasteiger partial charge < -0.3 is 15.0 Å². The number of urea groups is 1. The molecule has 1 aliphatic rings. The van der Waals surface area contributed by atoms with Crippen LogP contribution in [-0.4, -0.2) is 28.6 Å². The number of nitrogens with one attached hydrogen (secondary N) is 1. The first-order valence-corrected chi connectivity index (χ1v) is 9.42. The number of hydrogen-bond acceptors (Lipinski definition) is 4. The van der Waals surface area contributed by atoms with Crippen LogP contribution in [0.4, 0.5) is 19.3 Å². The van der Waals surface area contributed by atoms with Crippen LogP contribution in [0.15, 0.2) is 48.0 Å². The molecule has 1 aromatic carbocycles. The number of carbonyl (C=O) groups excluding carboxylic acids is 1. The topological polar surface area (TPSA) is 54.5 Å². The van der Waals surface area contributed by atoms with E-state index in [0.717, 1.165) is 17.7 Å². The highest BCUT2D eigenvalue weighted by Gasteiger charge is 2.33. The lowest BCUT2D eigenvalue weighted by Gasteiger charge is -2.23. The molecule has 1 aliphatic carbocycles. The number of benzene rings is 1. The van der Waals surface area contributed by atoms with Crippen molar-refractivity contribution in [2.75, 3.05) is 5.32 Å². The van der Waals surface area contributed by atoms with Gasteiger partial charge in [-0.3, -0.25) is 4.98 Å². The van der Waals surface area contributed by atoms with E-state index in [-0.39, 0.29) is 23.3 Å². The van der Waals surface area contributed by atoms with Gasteiger partial charge in [0.1, 0.15) is 5.52 Å². The fourth-order valence-corrected chi connectivity index (χ4v) is 3.66. The van der Waals surface area contributed by atoms with Gasteiger partial charge in [-0.1, -0.05) is 6.07 Å². The Morgan fingerprint density at radius 3 is 2.85 bits per heavy atom. The average Bonchev–Trinajstić information content (AvgIpc) is 3.36. The van der Waals surface area contributed by atoms with Gasteiger partial charge in [-0.25, -0.2) is 4.79 Å². The maximum absolute atomic E-state index is 12.9. The summed E-state index contributed by atoms with van der Waals surface area (Å²) in [6, 6.07) is 10.4. The Kier molecular flexibility index (Phi) is 4.89. The third-order valence-corrected chi connectivity index (χ3v) is 5.21. The van der Waals surface area contributed by atoms with Crippen molar-refractivity contribution in [2.24, 2.45) is 0 Å². The Balaban J connectivity index is 1.59. The summed E-state index contributed by atoms with van der Waals surface area (Å²) in [7, 11) is 0. The van der Waals surface area contributed by atoms with Gasteiger partial charge in [-0.15, -0.1) is 11.3 Å². The molecule has 0 radical (unpaired) electrons. The van der Waals surface area contributed by atoms with Crippen molar-refractivity contribution in [3.05, 3.63) is 52.9 Å². The number of rotatable bonds is 6. The predicted octanol–water partition coefficient (Wildman–Crippen LogP) is 5.09. The SMILES string of the molecule is O=C(Nc1ccc(OC(F)F)c2ncccc12)N(Cc1cccs1)C1CC1. The molecule has 2 amide bonds. The highest BCUT2D eigenvalue weighted by molar-refractivity contribution is 7.09. The number of aromatic nitrogens is 1. The van der Waals surface area contributed by atoms with E-state index in [4.69, 9.17) is 0 Å². The highest BCUT2D eigenvalue weighted by Crippen LogP contribution is 2.33. The number of amides is 2. The summed E-state index contributed by atoms with van der Waals surface area (Å²) in [5.74, 6) is -0.0174. The Bertz CT molecular complexity index is 945. The summed E-state index contributed by atoms with van der Waals surface area (Å²) in [6.45, 7) is -2.39. The van der Waals surface area contributed by atoms with E-state index < -0.39 is 6.61 Å². The summed E-state index contributed by atoms with van der Waals surface area (Å²) in [5.41, 5.74) is 0.799. The van der Waals surface area contributed by atoms with Crippen LogP contribution in [0.25, 0.3) is 10.9 Å².